The van der Waals surface area contributed by atoms with Crippen molar-refractivity contribution >= 4 is 5.71 Å². The zero-order valence-electron chi connectivity index (χ0n) is 21.3. The Morgan fingerprint density at radius 3 is 2.50 bits per heavy atom. The average molecular weight is 487 g/mol. The molecule has 188 valence electrons. The molecule has 0 aromatic heterocycles. The summed E-state index contributed by atoms with van der Waals surface area (Å²) in [4.78, 5) is 0. The van der Waals surface area contributed by atoms with E-state index in [1.165, 1.54) is 19.3 Å². The first-order valence-corrected chi connectivity index (χ1v) is 12.8. The average Bonchev–Trinajstić information content (AvgIpc) is 3.38. The molecule has 0 saturated heterocycles. The number of hydrogen-bond acceptors (Lipinski definition) is 6. The predicted octanol–water partition coefficient (Wildman–Crippen LogP) is 6.91. The highest BCUT2D eigenvalue weighted by Crippen LogP contribution is 2.47. The van der Waals surface area contributed by atoms with Crippen LogP contribution in [0.25, 0.3) is 0 Å². The van der Waals surface area contributed by atoms with Gasteiger partial charge in [-0.15, -0.1) is 0 Å². The van der Waals surface area contributed by atoms with E-state index >= 15 is 0 Å². The zero-order chi connectivity index (χ0) is 24.9. The highest BCUT2D eigenvalue weighted by molar-refractivity contribution is 6.02. The van der Waals surface area contributed by atoms with Gasteiger partial charge < -0.3 is 18.9 Å². The Labute approximate surface area is 213 Å². The summed E-state index contributed by atoms with van der Waals surface area (Å²) >= 11 is 0. The Morgan fingerprint density at radius 1 is 0.917 bits per heavy atom. The highest BCUT2D eigenvalue weighted by Gasteiger charge is 2.41. The second kappa shape index (κ2) is 10.9. The van der Waals surface area contributed by atoms with Crippen LogP contribution in [0.1, 0.15) is 68.0 Å². The zero-order valence-corrected chi connectivity index (χ0v) is 21.3. The lowest BCUT2D eigenvalue weighted by Crippen LogP contribution is -2.33. The molecular weight excluding hydrogens is 452 g/mol. The number of benzene rings is 3. The highest BCUT2D eigenvalue weighted by atomic mass is 16.5. The van der Waals surface area contributed by atoms with Gasteiger partial charge in [0.1, 0.15) is 11.5 Å². The molecule has 36 heavy (non-hydrogen) atoms. The van der Waals surface area contributed by atoms with E-state index in [-0.39, 0.29) is 12.3 Å². The van der Waals surface area contributed by atoms with Gasteiger partial charge in [-0.05, 0) is 55.0 Å². The molecule has 0 bridgehead atoms. The Morgan fingerprint density at radius 2 is 1.72 bits per heavy atom. The standard InChI is InChI=1S/C30H34N2O4/c1-4-5-6-9-18-35-23-15-12-21(13-16-23)30-32-26(24-10-7-8-11-27(24)36-30)20-25(31-32)22-14-17-28(33-2)29(19-22)34-3/h7-8,10-17,19,26,30H,4-6,9,18,20H2,1-3H3. The van der Waals surface area contributed by atoms with Crippen LogP contribution in [-0.2, 0) is 0 Å². The van der Waals surface area contributed by atoms with Crippen LogP contribution >= 0.6 is 0 Å². The van der Waals surface area contributed by atoms with Crippen molar-refractivity contribution in [2.24, 2.45) is 5.10 Å². The van der Waals surface area contributed by atoms with Crippen LogP contribution in [0.4, 0.5) is 0 Å². The summed E-state index contributed by atoms with van der Waals surface area (Å²) in [5.74, 6) is 3.19. The number of hydrazone groups is 1. The normalized spacial score (nSPS) is 18.1. The Balaban J connectivity index is 1.40. The minimum absolute atomic E-state index is 0.0949. The summed E-state index contributed by atoms with van der Waals surface area (Å²) < 4.78 is 23.4. The smallest absolute Gasteiger partial charge is 0.213 e. The van der Waals surface area contributed by atoms with Gasteiger partial charge in [0, 0.05) is 23.1 Å². The molecule has 0 aliphatic carbocycles. The van der Waals surface area contributed by atoms with E-state index in [0.717, 1.165) is 53.3 Å². The second-order valence-electron chi connectivity index (χ2n) is 9.20. The van der Waals surface area contributed by atoms with E-state index in [4.69, 9.17) is 24.0 Å². The minimum Gasteiger partial charge on any atom is -0.494 e. The summed E-state index contributed by atoms with van der Waals surface area (Å²) in [6, 6.07) is 22.5. The molecule has 0 amide bonds. The fourth-order valence-electron chi connectivity index (χ4n) is 4.89. The lowest BCUT2D eigenvalue weighted by atomic mass is 9.96. The van der Waals surface area contributed by atoms with Gasteiger partial charge >= 0.3 is 0 Å². The van der Waals surface area contributed by atoms with Crippen molar-refractivity contribution in [2.75, 3.05) is 20.8 Å². The number of ether oxygens (including phenoxy) is 4. The Bertz CT molecular complexity index is 1210. The summed E-state index contributed by atoms with van der Waals surface area (Å²) in [6.45, 7) is 2.97. The van der Waals surface area contributed by atoms with Crippen molar-refractivity contribution in [1.29, 1.82) is 0 Å². The molecule has 0 N–H and O–H groups in total. The molecule has 2 unspecified atom stereocenters. The number of methoxy groups -OCH3 is 2. The van der Waals surface area contributed by atoms with Gasteiger partial charge in [0.25, 0.3) is 0 Å². The van der Waals surface area contributed by atoms with Crippen LogP contribution in [-0.4, -0.2) is 31.5 Å². The monoisotopic (exact) mass is 486 g/mol. The van der Waals surface area contributed by atoms with Crippen molar-refractivity contribution in [2.45, 2.75) is 51.3 Å². The second-order valence-corrected chi connectivity index (χ2v) is 9.20. The van der Waals surface area contributed by atoms with Crippen LogP contribution in [0.3, 0.4) is 0 Å². The molecule has 2 heterocycles. The lowest BCUT2D eigenvalue weighted by molar-refractivity contribution is -0.0190. The third-order valence-electron chi connectivity index (χ3n) is 6.85. The molecule has 2 aliphatic heterocycles. The van der Waals surface area contributed by atoms with Gasteiger partial charge in [-0.1, -0.05) is 44.4 Å². The maximum Gasteiger partial charge on any atom is 0.213 e. The maximum absolute atomic E-state index is 6.50. The molecule has 6 heteroatoms. The third kappa shape index (κ3) is 4.85. The van der Waals surface area contributed by atoms with Gasteiger partial charge in [0.05, 0.1) is 32.6 Å². The van der Waals surface area contributed by atoms with Gasteiger partial charge in [-0.25, -0.2) is 5.01 Å². The molecule has 2 aliphatic rings. The lowest BCUT2D eigenvalue weighted by Gasteiger charge is -2.38. The summed E-state index contributed by atoms with van der Waals surface area (Å²) in [7, 11) is 3.30. The molecule has 5 rings (SSSR count). The van der Waals surface area contributed by atoms with Gasteiger partial charge in [-0.3, -0.25) is 0 Å². The molecule has 6 nitrogen and oxygen atoms in total. The van der Waals surface area contributed by atoms with E-state index in [1.807, 2.05) is 42.5 Å². The van der Waals surface area contributed by atoms with Crippen LogP contribution in [0.5, 0.6) is 23.0 Å². The van der Waals surface area contributed by atoms with Crippen molar-refractivity contribution in [3.05, 3.63) is 83.4 Å². The van der Waals surface area contributed by atoms with Crippen LogP contribution in [0.15, 0.2) is 71.8 Å². The fraction of sp³-hybridized carbons (Fsp3) is 0.367. The molecule has 0 fully saturated rings. The topological polar surface area (TPSA) is 52.5 Å². The van der Waals surface area contributed by atoms with Crippen LogP contribution in [0, 0.1) is 0 Å². The van der Waals surface area contributed by atoms with Crippen molar-refractivity contribution < 1.29 is 18.9 Å². The minimum atomic E-state index is -0.318. The SMILES string of the molecule is CCCCCCOc1ccc(C2Oc3ccccc3C3CC(c4ccc(OC)c(OC)c4)=NN32)cc1. The molecule has 3 aromatic carbocycles. The van der Waals surface area contributed by atoms with Gasteiger partial charge in [-0.2, -0.15) is 5.10 Å². The molecule has 0 radical (unpaired) electrons. The van der Waals surface area contributed by atoms with Crippen LogP contribution in [0.2, 0.25) is 0 Å². The van der Waals surface area contributed by atoms with Crippen LogP contribution < -0.4 is 18.9 Å². The number of para-hydroxylation sites is 1. The predicted molar refractivity (Wildman–Crippen MR) is 141 cm³/mol. The van der Waals surface area contributed by atoms with E-state index in [2.05, 4.69) is 36.2 Å². The largest absolute Gasteiger partial charge is 0.494 e. The molecule has 0 saturated carbocycles. The van der Waals surface area contributed by atoms with E-state index in [9.17, 15) is 0 Å². The van der Waals surface area contributed by atoms with Gasteiger partial charge in [0.2, 0.25) is 6.23 Å². The third-order valence-corrected chi connectivity index (χ3v) is 6.85. The summed E-state index contributed by atoms with van der Waals surface area (Å²) in [5, 5.41) is 7.16. The van der Waals surface area contributed by atoms with E-state index in [1.54, 1.807) is 14.2 Å². The number of unbranched alkanes of at least 4 members (excludes halogenated alkanes) is 3. The quantitative estimate of drug-likeness (QED) is 0.292. The number of rotatable bonds is 10. The maximum atomic E-state index is 6.50. The first kappa shape index (κ1) is 24.0. The number of nitrogens with zero attached hydrogens (tertiary/aromatic N) is 2. The Hall–Kier alpha value is -3.67. The van der Waals surface area contributed by atoms with Crippen molar-refractivity contribution in [1.82, 2.24) is 5.01 Å². The van der Waals surface area contributed by atoms with E-state index in [0.29, 0.717) is 11.5 Å². The fourth-order valence-corrected chi connectivity index (χ4v) is 4.89. The molecule has 3 aromatic rings. The van der Waals surface area contributed by atoms with Crippen molar-refractivity contribution in [3.8, 4) is 23.0 Å². The first-order valence-electron chi connectivity index (χ1n) is 12.8. The summed E-state index contributed by atoms with van der Waals surface area (Å²) in [6.07, 6.45) is 5.24. The number of fused-ring (bicyclic) bond motifs is 3. The first-order chi connectivity index (χ1) is 17.7. The van der Waals surface area contributed by atoms with Gasteiger partial charge in [0.15, 0.2) is 11.5 Å². The molecular formula is C30H34N2O4. The van der Waals surface area contributed by atoms with E-state index < -0.39 is 0 Å². The Kier molecular flexibility index (Phi) is 7.31. The summed E-state index contributed by atoms with van der Waals surface area (Å²) in [5.41, 5.74) is 4.22. The molecule has 2 atom stereocenters. The molecule has 0 spiro atoms. The number of hydrogen-bond donors (Lipinski definition) is 0. The van der Waals surface area contributed by atoms with Crippen molar-refractivity contribution in [3.63, 3.8) is 0 Å².